The van der Waals surface area contributed by atoms with Crippen LogP contribution in [-0.4, -0.2) is 17.7 Å². The highest BCUT2D eigenvalue weighted by Crippen LogP contribution is 2.10. The Hall–Kier alpha value is -1.68. The average molecular weight is 234 g/mol. The van der Waals surface area contributed by atoms with Crippen molar-refractivity contribution in [2.75, 3.05) is 0 Å². The Bertz CT molecular complexity index is 439. The van der Waals surface area contributed by atoms with Gasteiger partial charge in [-0.3, -0.25) is 9.59 Å². The molecule has 0 radical (unpaired) electrons. The molecule has 1 atom stereocenters. The molecule has 0 spiro atoms. The number of ketones is 1. The molecule has 1 amide bonds. The van der Waals surface area contributed by atoms with E-state index in [2.05, 4.69) is 5.32 Å². The third kappa shape index (κ3) is 3.67. The van der Waals surface area contributed by atoms with Crippen molar-refractivity contribution in [2.24, 2.45) is 5.73 Å². The van der Waals surface area contributed by atoms with Crippen LogP contribution in [0.2, 0.25) is 0 Å². The normalized spacial score (nSPS) is 12.0. The Kier molecular flexibility index (Phi) is 4.40. The number of amides is 1. The summed E-state index contributed by atoms with van der Waals surface area (Å²) in [6.45, 7) is 5.80. The minimum Gasteiger partial charge on any atom is -0.345 e. The van der Waals surface area contributed by atoms with E-state index in [1.807, 2.05) is 32.0 Å². The first-order valence-electron chi connectivity index (χ1n) is 5.55. The summed E-state index contributed by atoms with van der Waals surface area (Å²) in [5.41, 5.74) is 8.57. The van der Waals surface area contributed by atoms with Gasteiger partial charge in [-0.25, -0.2) is 0 Å². The van der Waals surface area contributed by atoms with Crippen LogP contribution in [0.25, 0.3) is 0 Å². The van der Waals surface area contributed by atoms with E-state index in [1.165, 1.54) is 6.92 Å². The Morgan fingerprint density at radius 3 is 2.59 bits per heavy atom. The molecule has 0 aliphatic rings. The largest absolute Gasteiger partial charge is 0.345 e. The van der Waals surface area contributed by atoms with Gasteiger partial charge >= 0.3 is 0 Å². The summed E-state index contributed by atoms with van der Waals surface area (Å²) in [6, 6.07) is 5.23. The summed E-state index contributed by atoms with van der Waals surface area (Å²) in [5, 5.41) is 2.58. The van der Waals surface area contributed by atoms with Crippen LogP contribution in [0.15, 0.2) is 18.2 Å². The van der Waals surface area contributed by atoms with Crippen LogP contribution in [0.1, 0.15) is 23.6 Å². The highest BCUT2D eigenvalue weighted by Gasteiger charge is 2.17. The number of rotatable bonds is 4. The van der Waals surface area contributed by atoms with E-state index in [0.717, 1.165) is 16.7 Å². The molecule has 17 heavy (non-hydrogen) atoms. The summed E-state index contributed by atoms with van der Waals surface area (Å²) in [7, 11) is 0. The van der Waals surface area contributed by atoms with E-state index in [1.54, 1.807) is 0 Å². The summed E-state index contributed by atoms with van der Waals surface area (Å²) in [5.74, 6) is -1.21. The Morgan fingerprint density at radius 1 is 1.35 bits per heavy atom. The second-order valence-electron chi connectivity index (χ2n) is 4.27. The number of nitrogens with two attached hydrogens (primary N) is 1. The average Bonchev–Trinajstić information content (AvgIpc) is 2.28. The number of hydrogen-bond acceptors (Lipinski definition) is 3. The van der Waals surface area contributed by atoms with E-state index >= 15 is 0 Å². The van der Waals surface area contributed by atoms with Gasteiger partial charge in [-0.1, -0.05) is 23.8 Å². The molecule has 4 heteroatoms. The highest BCUT2D eigenvalue weighted by molar-refractivity contribution is 6.37. The molecule has 3 N–H and O–H groups in total. The fourth-order valence-electron chi connectivity index (χ4n) is 1.46. The number of Topliss-reactive ketones (excluding diaryl/α,β-unsaturated/α-hetero) is 1. The van der Waals surface area contributed by atoms with Crippen LogP contribution < -0.4 is 11.1 Å². The van der Waals surface area contributed by atoms with E-state index in [9.17, 15) is 9.59 Å². The van der Waals surface area contributed by atoms with Gasteiger partial charge in [0.15, 0.2) is 0 Å². The molecule has 0 saturated carbocycles. The number of aryl methyl sites for hydroxylation is 2. The van der Waals surface area contributed by atoms with Gasteiger partial charge in [0.25, 0.3) is 5.91 Å². The zero-order valence-corrected chi connectivity index (χ0v) is 10.4. The molecule has 92 valence electrons. The Balaban J connectivity index is 2.65. The minimum atomic E-state index is -0.756. The van der Waals surface area contributed by atoms with E-state index in [0.29, 0.717) is 6.54 Å². The van der Waals surface area contributed by atoms with Gasteiger partial charge in [0, 0.05) is 6.54 Å². The molecule has 1 rings (SSSR count). The van der Waals surface area contributed by atoms with Crippen molar-refractivity contribution in [2.45, 2.75) is 33.4 Å². The van der Waals surface area contributed by atoms with Crippen molar-refractivity contribution in [1.29, 1.82) is 0 Å². The number of benzene rings is 1. The summed E-state index contributed by atoms with van der Waals surface area (Å²) in [6.07, 6.45) is 0. The lowest BCUT2D eigenvalue weighted by Crippen LogP contribution is -2.40. The summed E-state index contributed by atoms with van der Waals surface area (Å²) >= 11 is 0. The predicted octanol–water partition coefficient (Wildman–Crippen LogP) is 0.836. The molecule has 0 bridgehead atoms. The van der Waals surface area contributed by atoms with Crippen LogP contribution in [-0.2, 0) is 16.1 Å². The maximum Gasteiger partial charge on any atom is 0.289 e. The zero-order chi connectivity index (χ0) is 13.0. The third-order valence-electron chi connectivity index (χ3n) is 2.58. The van der Waals surface area contributed by atoms with Crippen LogP contribution in [0.5, 0.6) is 0 Å². The van der Waals surface area contributed by atoms with Crippen molar-refractivity contribution in [3.8, 4) is 0 Å². The van der Waals surface area contributed by atoms with Gasteiger partial charge in [0.2, 0.25) is 5.78 Å². The molecule has 1 aromatic rings. The molecule has 0 fully saturated rings. The summed E-state index contributed by atoms with van der Waals surface area (Å²) in [4.78, 5) is 22.7. The lowest BCUT2D eigenvalue weighted by Gasteiger charge is -2.09. The standard InChI is InChI=1S/C13H18N2O2/c1-8-4-5-9(2)11(6-8)7-15-13(17)12(16)10(3)14/h4-6,10H,7,14H2,1-3H3,(H,15,17)/t10-/m0/s1. The molecular weight excluding hydrogens is 216 g/mol. The fraction of sp³-hybridized carbons (Fsp3) is 0.385. The predicted molar refractivity (Wildman–Crippen MR) is 66.4 cm³/mol. The van der Waals surface area contributed by atoms with Crippen molar-refractivity contribution in [1.82, 2.24) is 5.32 Å². The first-order chi connectivity index (χ1) is 7.91. The van der Waals surface area contributed by atoms with Crippen molar-refractivity contribution < 1.29 is 9.59 Å². The maximum absolute atomic E-state index is 11.4. The molecule has 0 aromatic heterocycles. The Morgan fingerprint density at radius 2 is 2.00 bits per heavy atom. The maximum atomic E-state index is 11.4. The van der Waals surface area contributed by atoms with Crippen molar-refractivity contribution in [3.63, 3.8) is 0 Å². The van der Waals surface area contributed by atoms with Gasteiger partial charge in [-0.15, -0.1) is 0 Å². The second kappa shape index (κ2) is 5.59. The smallest absolute Gasteiger partial charge is 0.289 e. The second-order valence-corrected chi connectivity index (χ2v) is 4.27. The van der Waals surface area contributed by atoms with Crippen LogP contribution in [0, 0.1) is 13.8 Å². The molecule has 4 nitrogen and oxygen atoms in total. The summed E-state index contributed by atoms with van der Waals surface area (Å²) < 4.78 is 0. The molecule has 0 aliphatic heterocycles. The van der Waals surface area contributed by atoms with E-state index < -0.39 is 17.7 Å². The SMILES string of the molecule is Cc1ccc(C)c(CNC(=O)C(=O)[C@H](C)N)c1. The lowest BCUT2D eigenvalue weighted by atomic mass is 10.1. The van der Waals surface area contributed by atoms with Crippen LogP contribution in [0.3, 0.4) is 0 Å². The van der Waals surface area contributed by atoms with Crippen LogP contribution in [0.4, 0.5) is 0 Å². The van der Waals surface area contributed by atoms with E-state index in [4.69, 9.17) is 5.73 Å². The first kappa shape index (κ1) is 13.4. The highest BCUT2D eigenvalue weighted by atomic mass is 16.2. The van der Waals surface area contributed by atoms with Gasteiger partial charge in [0.05, 0.1) is 6.04 Å². The fourth-order valence-corrected chi connectivity index (χ4v) is 1.46. The molecule has 0 unspecified atom stereocenters. The van der Waals surface area contributed by atoms with Crippen LogP contribution >= 0.6 is 0 Å². The lowest BCUT2D eigenvalue weighted by molar-refractivity contribution is -0.138. The number of nitrogens with one attached hydrogen (secondary N) is 1. The molecule has 0 aliphatic carbocycles. The molecule has 1 aromatic carbocycles. The monoisotopic (exact) mass is 234 g/mol. The van der Waals surface area contributed by atoms with Gasteiger partial charge < -0.3 is 11.1 Å². The quantitative estimate of drug-likeness (QED) is 0.758. The topological polar surface area (TPSA) is 72.2 Å². The zero-order valence-electron chi connectivity index (χ0n) is 10.4. The van der Waals surface area contributed by atoms with Gasteiger partial charge in [-0.2, -0.15) is 0 Å². The van der Waals surface area contributed by atoms with E-state index in [-0.39, 0.29) is 0 Å². The molecule has 0 heterocycles. The number of hydrogen-bond donors (Lipinski definition) is 2. The number of carbonyl (C=O) groups is 2. The minimum absolute atomic E-state index is 0.352. The van der Waals surface area contributed by atoms with Gasteiger partial charge in [-0.05, 0) is 31.9 Å². The molecule has 0 saturated heterocycles. The number of carbonyl (C=O) groups excluding carboxylic acids is 2. The van der Waals surface area contributed by atoms with Gasteiger partial charge in [0.1, 0.15) is 0 Å². The third-order valence-corrected chi connectivity index (χ3v) is 2.58. The van der Waals surface area contributed by atoms with Crippen molar-refractivity contribution >= 4 is 11.7 Å². The molecular formula is C13H18N2O2. The Labute approximate surface area is 101 Å². The first-order valence-corrected chi connectivity index (χ1v) is 5.55. The van der Waals surface area contributed by atoms with Crippen molar-refractivity contribution in [3.05, 3.63) is 34.9 Å².